The molecule has 1 unspecified atom stereocenters. The molecule has 6 rings (SSSR count). The summed E-state index contributed by atoms with van der Waals surface area (Å²) in [6, 6.07) is 24.2. The number of fused-ring (bicyclic) bond motifs is 1. The normalized spacial score (nSPS) is 14.9. The first-order valence-electron chi connectivity index (χ1n) is 13.1. The van der Waals surface area contributed by atoms with Gasteiger partial charge in [0, 0.05) is 16.8 Å². The van der Waals surface area contributed by atoms with E-state index < -0.39 is 6.04 Å². The molecule has 1 aliphatic heterocycles. The van der Waals surface area contributed by atoms with Crippen LogP contribution in [0.3, 0.4) is 0 Å². The van der Waals surface area contributed by atoms with Crippen molar-refractivity contribution in [1.82, 2.24) is 14.8 Å². The number of anilines is 1. The van der Waals surface area contributed by atoms with Crippen molar-refractivity contribution in [3.8, 4) is 17.0 Å². The first kappa shape index (κ1) is 26.2. The minimum Gasteiger partial charge on any atom is -0.497 e. The van der Waals surface area contributed by atoms with Crippen LogP contribution in [0.1, 0.15) is 29.7 Å². The molecule has 0 radical (unpaired) electrons. The van der Waals surface area contributed by atoms with Gasteiger partial charge in [0.05, 0.1) is 40.8 Å². The molecule has 8 nitrogen and oxygen atoms in total. The van der Waals surface area contributed by atoms with Gasteiger partial charge in [-0.2, -0.15) is 5.10 Å². The molecule has 0 fully saturated rings. The highest BCUT2D eigenvalue weighted by atomic mass is 32.1. The second kappa shape index (κ2) is 10.9. The van der Waals surface area contributed by atoms with E-state index in [0.717, 1.165) is 27.9 Å². The molecule has 5 aromatic rings. The Labute approximate surface area is 240 Å². The van der Waals surface area contributed by atoms with Gasteiger partial charge < -0.3 is 10.1 Å². The van der Waals surface area contributed by atoms with E-state index in [4.69, 9.17) is 9.73 Å². The monoisotopic (exact) mass is 561 g/mol. The molecule has 0 saturated carbocycles. The Hall–Kier alpha value is -5.02. The van der Waals surface area contributed by atoms with Crippen molar-refractivity contribution in [3.05, 3.63) is 133 Å². The molecule has 41 heavy (non-hydrogen) atoms. The van der Waals surface area contributed by atoms with Crippen LogP contribution in [0.2, 0.25) is 0 Å². The van der Waals surface area contributed by atoms with Crippen LogP contribution < -0.4 is 24.9 Å². The zero-order valence-corrected chi connectivity index (χ0v) is 23.5. The molecule has 2 aromatic heterocycles. The van der Waals surface area contributed by atoms with Gasteiger partial charge in [0.1, 0.15) is 5.75 Å². The number of rotatable bonds is 6. The lowest BCUT2D eigenvalue weighted by Crippen LogP contribution is -2.40. The number of carbonyl (C=O) groups is 1. The van der Waals surface area contributed by atoms with Gasteiger partial charge in [0.2, 0.25) is 0 Å². The predicted molar refractivity (Wildman–Crippen MR) is 161 cm³/mol. The second-order valence-electron chi connectivity index (χ2n) is 9.69. The van der Waals surface area contributed by atoms with Crippen molar-refractivity contribution >= 4 is 29.0 Å². The van der Waals surface area contributed by atoms with Gasteiger partial charge in [-0.05, 0) is 49.2 Å². The molecule has 9 heteroatoms. The molecule has 204 valence electrons. The maximum Gasteiger partial charge on any atom is 0.271 e. The third-order valence-corrected chi connectivity index (χ3v) is 8.09. The maximum atomic E-state index is 14.1. The Morgan fingerprint density at radius 1 is 1.02 bits per heavy atom. The summed E-state index contributed by atoms with van der Waals surface area (Å²) >= 11 is 1.29. The quantitative estimate of drug-likeness (QED) is 0.317. The fourth-order valence-electron chi connectivity index (χ4n) is 5.00. The number of nitrogens with zero attached hydrogens (tertiary/aromatic N) is 3. The summed E-state index contributed by atoms with van der Waals surface area (Å²) in [5, 5.41) is 10.3. The lowest BCUT2D eigenvalue weighted by atomic mass is 9.95. The van der Waals surface area contributed by atoms with E-state index in [-0.39, 0.29) is 11.5 Å². The summed E-state index contributed by atoms with van der Waals surface area (Å²) in [4.78, 5) is 33.2. The molecule has 1 atom stereocenters. The Morgan fingerprint density at radius 3 is 2.49 bits per heavy atom. The van der Waals surface area contributed by atoms with Crippen LogP contribution in [0, 0.1) is 6.92 Å². The second-order valence-corrected chi connectivity index (χ2v) is 10.7. The van der Waals surface area contributed by atoms with Crippen molar-refractivity contribution < 1.29 is 9.53 Å². The number of hydrogen-bond donors (Lipinski definition) is 2. The number of carbonyl (C=O) groups excluding carboxylic acids is 1. The van der Waals surface area contributed by atoms with Crippen LogP contribution in [-0.2, 0) is 4.79 Å². The smallest absolute Gasteiger partial charge is 0.271 e. The van der Waals surface area contributed by atoms with Crippen molar-refractivity contribution in [1.29, 1.82) is 0 Å². The van der Waals surface area contributed by atoms with Gasteiger partial charge >= 0.3 is 0 Å². The van der Waals surface area contributed by atoms with Crippen LogP contribution >= 0.6 is 11.3 Å². The zero-order chi connectivity index (χ0) is 28.5. The van der Waals surface area contributed by atoms with Crippen molar-refractivity contribution in [3.63, 3.8) is 0 Å². The first-order chi connectivity index (χ1) is 19.9. The van der Waals surface area contributed by atoms with Gasteiger partial charge in [-0.1, -0.05) is 72.0 Å². The summed E-state index contributed by atoms with van der Waals surface area (Å²) in [5.74, 6) is 0.373. The van der Waals surface area contributed by atoms with E-state index in [1.54, 1.807) is 17.9 Å². The van der Waals surface area contributed by atoms with E-state index in [0.29, 0.717) is 32.0 Å². The maximum absolute atomic E-state index is 14.1. The zero-order valence-electron chi connectivity index (χ0n) is 22.7. The predicted octanol–water partition coefficient (Wildman–Crippen LogP) is 4.58. The number of allylic oxidation sites excluding steroid dienone is 1. The van der Waals surface area contributed by atoms with Gasteiger partial charge in [-0.25, -0.2) is 4.99 Å². The van der Waals surface area contributed by atoms with E-state index in [1.807, 2.05) is 98.8 Å². The van der Waals surface area contributed by atoms with E-state index >= 15 is 0 Å². The molecule has 3 aromatic carbocycles. The number of nitrogens with one attached hydrogen (secondary N) is 2. The van der Waals surface area contributed by atoms with Crippen molar-refractivity contribution in [2.24, 2.45) is 4.99 Å². The third kappa shape index (κ3) is 4.92. The first-order valence-corrected chi connectivity index (χ1v) is 13.9. The molecule has 1 aliphatic rings. The molecule has 1 amide bonds. The SMILES string of the molecule is COc1ccc(C2C(C(=O)Nc3ccccc3C)=C(C)N=c3s/c(=C\c4cn[nH]c4-c4ccccc4)c(=O)n32)cc1. The molecule has 0 saturated heterocycles. The number of benzene rings is 3. The highest BCUT2D eigenvalue weighted by Crippen LogP contribution is 2.32. The Morgan fingerprint density at radius 2 is 1.76 bits per heavy atom. The average Bonchev–Trinajstić information content (AvgIpc) is 3.58. The van der Waals surface area contributed by atoms with Crippen LogP contribution in [0.25, 0.3) is 17.3 Å². The third-order valence-electron chi connectivity index (χ3n) is 7.11. The lowest BCUT2D eigenvalue weighted by molar-refractivity contribution is -0.113. The molecule has 0 aliphatic carbocycles. The van der Waals surface area contributed by atoms with Crippen LogP contribution in [0.15, 0.2) is 106 Å². The van der Waals surface area contributed by atoms with Crippen LogP contribution in [-0.4, -0.2) is 27.8 Å². The fourth-order valence-corrected chi connectivity index (χ4v) is 6.04. The summed E-state index contributed by atoms with van der Waals surface area (Å²) < 4.78 is 7.46. The highest BCUT2D eigenvalue weighted by Gasteiger charge is 2.32. The van der Waals surface area contributed by atoms with Gasteiger partial charge in [0.25, 0.3) is 11.5 Å². The Balaban J connectivity index is 1.50. The minimum absolute atomic E-state index is 0.233. The Kier molecular flexibility index (Phi) is 6.94. The molecule has 2 N–H and O–H groups in total. The molecule has 0 spiro atoms. The molecular weight excluding hydrogens is 534 g/mol. The summed E-state index contributed by atoms with van der Waals surface area (Å²) in [5.41, 5.74) is 5.71. The number of para-hydroxylation sites is 1. The number of amides is 1. The Bertz CT molecular complexity index is 1970. The summed E-state index contributed by atoms with van der Waals surface area (Å²) in [6.07, 6.45) is 3.53. The average molecular weight is 562 g/mol. The number of aromatic nitrogens is 3. The standard InChI is InChI=1S/C32H27N5O3S/c1-19-9-7-8-12-25(19)35-30(38)27-20(2)34-32-37(29(27)22-13-15-24(40-3)16-14-22)31(39)26(41-32)17-23-18-33-36-28(23)21-10-5-4-6-11-21/h4-18,29H,1-3H3,(H,33,36)(H,35,38)/b26-17-. The summed E-state index contributed by atoms with van der Waals surface area (Å²) in [6.45, 7) is 3.75. The summed E-state index contributed by atoms with van der Waals surface area (Å²) in [7, 11) is 1.60. The molecule has 0 bridgehead atoms. The van der Waals surface area contributed by atoms with Crippen LogP contribution in [0.5, 0.6) is 5.75 Å². The fraction of sp³-hybridized carbons (Fsp3) is 0.125. The number of ether oxygens (including phenoxy) is 1. The largest absolute Gasteiger partial charge is 0.497 e. The topological polar surface area (TPSA) is 101 Å². The van der Waals surface area contributed by atoms with E-state index in [9.17, 15) is 9.59 Å². The molecule has 3 heterocycles. The van der Waals surface area contributed by atoms with E-state index in [1.165, 1.54) is 11.3 Å². The number of aryl methyl sites for hydroxylation is 1. The number of hydrogen-bond acceptors (Lipinski definition) is 6. The minimum atomic E-state index is -0.679. The van der Waals surface area contributed by atoms with Crippen molar-refractivity contribution in [2.45, 2.75) is 19.9 Å². The van der Waals surface area contributed by atoms with Gasteiger partial charge in [-0.15, -0.1) is 0 Å². The van der Waals surface area contributed by atoms with E-state index in [2.05, 4.69) is 15.5 Å². The van der Waals surface area contributed by atoms with Gasteiger partial charge in [-0.3, -0.25) is 19.3 Å². The van der Waals surface area contributed by atoms with Gasteiger partial charge in [0.15, 0.2) is 4.80 Å². The number of thiazole rings is 1. The van der Waals surface area contributed by atoms with Crippen LogP contribution in [0.4, 0.5) is 5.69 Å². The highest BCUT2D eigenvalue weighted by molar-refractivity contribution is 7.07. The molecular formula is C32H27N5O3S. The number of methoxy groups -OCH3 is 1. The lowest BCUT2D eigenvalue weighted by Gasteiger charge is -2.25. The van der Waals surface area contributed by atoms with Crippen molar-refractivity contribution in [2.75, 3.05) is 12.4 Å². The number of H-pyrrole nitrogens is 1. The number of aromatic amines is 1.